The fourth-order valence-corrected chi connectivity index (χ4v) is 1.93. The fourth-order valence-electron chi connectivity index (χ4n) is 1.47. The molecule has 0 heterocycles. The SMILES string of the molecule is CC(C)[C@](C)(C#N)NC(=O)[C@@H](C)Oc1ccc(Cl)cc1Cl. The van der Waals surface area contributed by atoms with Gasteiger partial charge in [-0.05, 0) is 38.0 Å². The Bertz CT molecular complexity index is 569. The van der Waals surface area contributed by atoms with E-state index in [4.69, 9.17) is 27.9 Å². The smallest absolute Gasteiger partial charge is 0.262 e. The summed E-state index contributed by atoms with van der Waals surface area (Å²) < 4.78 is 5.52. The van der Waals surface area contributed by atoms with Gasteiger partial charge < -0.3 is 10.1 Å². The zero-order valence-corrected chi connectivity index (χ0v) is 13.9. The van der Waals surface area contributed by atoms with Crippen molar-refractivity contribution in [2.24, 2.45) is 5.92 Å². The molecule has 1 rings (SSSR count). The molecule has 6 heteroatoms. The van der Waals surface area contributed by atoms with Crippen molar-refractivity contribution in [2.45, 2.75) is 39.3 Å². The van der Waals surface area contributed by atoms with E-state index in [0.29, 0.717) is 15.8 Å². The van der Waals surface area contributed by atoms with Crippen molar-refractivity contribution in [3.63, 3.8) is 0 Å². The molecular weight excluding hydrogens is 311 g/mol. The minimum atomic E-state index is -0.946. The quantitative estimate of drug-likeness (QED) is 0.893. The number of halogens is 2. The van der Waals surface area contributed by atoms with Crippen LogP contribution in [0.4, 0.5) is 0 Å². The first-order chi connectivity index (χ1) is 9.69. The van der Waals surface area contributed by atoms with Crippen molar-refractivity contribution >= 4 is 29.1 Å². The predicted molar refractivity (Wildman–Crippen MR) is 83.6 cm³/mol. The average Bonchev–Trinajstić information content (AvgIpc) is 2.41. The number of nitriles is 1. The molecule has 1 aromatic rings. The molecule has 0 radical (unpaired) electrons. The monoisotopic (exact) mass is 328 g/mol. The summed E-state index contributed by atoms with van der Waals surface area (Å²) in [6, 6.07) is 6.88. The molecule has 1 N–H and O–H groups in total. The second-order valence-corrected chi connectivity index (χ2v) is 6.14. The second kappa shape index (κ2) is 7.02. The number of nitrogens with zero attached hydrogens (tertiary/aromatic N) is 1. The van der Waals surface area contributed by atoms with E-state index in [-0.39, 0.29) is 11.8 Å². The van der Waals surface area contributed by atoms with Crippen molar-refractivity contribution in [1.82, 2.24) is 5.32 Å². The van der Waals surface area contributed by atoms with Gasteiger partial charge in [0.05, 0.1) is 11.1 Å². The highest BCUT2D eigenvalue weighted by molar-refractivity contribution is 6.35. The minimum Gasteiger partial charge on any atom is -0.479 e. The molecule has 0 saturated carbocycles. The van der Waals surface area contributed by atoms with Crippen molar-refractivity contribution < 1.29 is 9.53 Å². The number of carbonyl (C=O) groups excluding carboxylic acids is 1. The Morgan fingerprint density at radius 1 is 1.38 bits per heavy atom. The number of amides is 1. The lowest BCUT2D eigenvalue weighted by Gasteiger charge is -2.28. The Labute approximate surface area is 135 Å². The summed E-state index contributed by atoms with van der Waals surface area (Å²) in [5.74, 6) is -0.0385. The minimum absolute atomic E-state index is 0.0298. The lowest BCUT2D eigenvalue weighted by molar-refractivity contribution is -0.128. The molecular formula is C15H18Cl2N2O2. The molecule has 4 nitrogen and oxygen atoms in total. The average molecular weight is 329 g/mol. The summed E-state index contributed by atoms with van der Waals surface area (Å²) in [7, 11) is 0. The van der Waals surface area contributed by atoms with Crippen LogP contribution in [0.1, 0.15) is 27.7 Å². The summed E-state index contributed by atoms with van der Waals surface area (Å²) in [6.45, 7) is 7.01. The molecule has 0 aliphatic rings. The Morgan fingerprint density at radius 3 is 2.48 bits per heavy atom. The van der Waals surface area contributed by atoms with Crippen LogP contribution in [0.2, 0.25) is 10.0 Å². The maximum absolute atomic E-state index is 12.1. The van der Waals surface area contributed by atoms with Crippen LogP contribution >= 0.6 is 23.2 Å². The summed E-state index contributed by atoms with van der Waals surface area (Å²) >= 11 is 11.8. The number of carbonyl (C=O) groups is 1. The van der Waals surface area contributed by atoms with Gasteiger partial charge in [-0.25, -0.2) is 0 Å². The summed E-state index contributed by atoms with van der Waals surface area (Å²) in [5, 5.41) is 12.7. The van der Waals surface area contributed by atoms with Gasteiger partial charge in [-0.3, -0.25) is 4.79 Å². The van der Waals surface area contributed by atoms with Crippen LogP contribution in [0.3, 0.4) is 0 Å². The van der Waals surface area contributed by atoms with Gasteiger partial charge in [0.25, 0.3) is 5.91 Å². The van der Waals surface area contributed by atoms with E-state index in [1.54, 1.807) is 26.0 Å². The summed E-state index contributed by atoms with van der Waals surface area (Å²) in [6.07, 6.45) is -0.782. The topological polar surface area (TPSA) is 62.1 Å². The van der Waals surface area contributed by atoms with E-state index in [9.17, 15) is 10.1 Å². The van der Waals surface area contributed by atoms with E-state index in [0.717, 1.165) is 0 Å². The third kappa shape index (κ3) is 4.52. The molecule has 0 saturated heterocycles. The number of ether oxygens (including phenoxy) is 1. The van der Waals surface area contributed by atoms with Gasteiger partial charge >= 0.3 is 0 Å². The first-order valence-corrected chi connectivity index (χ1v) is 7.30. The number of benzene rings is 1. The van der Waals surface area contributed by atoms with Crippen LogP contribution in [0, 0.1) is 17.2 Å². The van der Waals surface area contributed by atoms with Gasteiger partial charge in [0.15, 0.2) is 6.10 Å². The highest BCUT2D eigenvalue weighted by Gasteiger charge is 2.32. The van der Waals surface area contributed by atoms with E-state index in [2.05, 4.69) is 11.4 Å². The Kier molecular flexibility index (Phi) is 5.88. The van der Waals surface area contributed by atoms with Crippen molar-refractivity contribution in [3.05, 3.63) is 28.2 Å². The molecule has 1 amide bonds. The molecule has 0 aliphatic heterocycles. The molecule has 0 unspecified atom stereocenters. The van der Waals surface area contributed by atoms with Crippen LogP contribution in [0.5, 0.6) is 5.75 Å². The second-order valence-electron chi connectivity index (χ2n) is 5.29. The number of rotatable bonds is 5. The summed E-state index contributed by atoms with van der Waals surface area (Å²) in [5.41, 5.74) is -0.946. The van der Waals surface area contributed by atoms with Crippen molar-refractivity contribution in [3.8, 4) is 11.8 Å². The zero-order chi connectivity index (χ0) is 16.2. The van der Waals surface area contributed by atoms with E-state index < -0.39 is 11.6 Å². The number of hydrogen-bond acceptors (Lipinski definition) is 3. The van der Waals surface area contributed by atoms with Crippen LogP contribution < -0.4 is 10.1 Å². The fraction of sp³-hybridized carbons (Fsp3) is 0.467. The predicted octanol–water partition coefficient (Wildman–Crippen LogP) is 3.82. The van der Waals surface area contributed by atoms with Crippen LogP contribution in [0.25, 0.3) is 0 Å². The molecule has 0 aliphatic carbocycles. The molecule has 0 aromatic heterocycles. The maximum Gasteiger partial charge on any atom is 0.262 e. The van der Waals surface area contributed by atoms with Gasteiger partial charge in [-0.15, -0.1) is 0 Å². The standard InChI is InChI=1S/C15H18Cl2N2O2/c1-9(2)15(4,8-18)19-14(20)10(3)21-13-6-5-11(16)7-12(13)17/h5-7,9-10H,1-4H3,(H,19,20)/t10-,15+/m1/s1. The first-order valence-electron chi connectivity index (χ1n) is 6.54. The van der Waals surface area contributed by atoms with Crippen LogP contribution in [-0.4, -0.2) is 17.6 Å². The molecule has 2 atom stereocenters. The van der Waals surface area contributed by atoms with E-state index >= 15 is 0 Å². The third-order valence-corrected chi connectivity index (χ3v) is 3.87. The van der Waals surface area contributed by atoms with Crippen LogP contribution in [0.15, 0.2) is 18.2 Å². The largest absolute Gasteiger partial charge is 0.479 e. The molecule has 0 bridgehead atoms. The molecule has 21 heavy (non-hydrogen) atoms. The highest BCUT2D eigenvalue weighted by atomic mass is 35.5. The zero-order valence-electron chi connectivity index (χ0n) is 12.4. The van der Waals surface area contributed by atoms with E-state index in [1.165, 1.54) is 6.07 Å². The van der Waals surface area contributed by atoms with Gasteiger partial charge in [0.2, 0.25) is 0 Å². The molecule has 114 valence electrons. The Balaban J connectivity index is 2.78. The Morgan fingerprint density at radius 2 is 2.00 bits per heavy atom. The van der Waals surface area contributed by atoms with Gasteiger partial charge in [0, 0.05) is 5.02 Å². The third-order valence-electron chi connectivity index (χ3n) is 3.34. The van der Waals surface area contributed by atoms with Crippen molar-refractivity contribution in [1.29, 1.82) is 5.26 Å². The molecule has 0 spiro atoms. The lowest BCUT2D eigenvalue weighted by atomic mass is 9.90. The maximum atomic E-state index is 12.1. The van der Waals surface area contributed by atoms with Crippen LogP contribution in [-0.2, 0) is 4.79 Å². The lowest BCUT2D eigenvalue weighted by Crippen LogP contribution is -2.52. The highest BCUT2D eigenvalue weighted by Crippen LogP contribution is 2.28. The number of hydrogen-bond donors (Lipinski definition) is 1. The van der Waals surface area contributed by atoms with Gasteiger partial charge in [0.1, 0.15) is 11.3 Å². The number of nitrogens with one attached hydrogen (secondary N) is 1. The van der Waals surface area contributed by atoms with Crippen molar-refractivity contribution in [2.75, 3.05) is 0 Å². The normalized spacial score (nSPS) is 15.0. The van der Waals surface area contributed by atoms with Gasteiger partial charge in [-0.2, -0.15) is 5.26 Å². The molecule has 0 fully saturated rings. The Hall–Kier alpha value is -1.44. The first kappa shape index (κ1) is 17.6. The van der Waals surface area contributed by atoms with E-state index in [1.807, 2.05) is 13.8 Å². The summed E-state index contributed by atoms with van der Waals surface area (Å²) in [4.78, 5) is 12.1. The van der Waals surface area contributed by atoms with Gasteiger partial charge in [-0.1, -0.05) is 37.0 Å². The molecule has 1 aromatic carbocycles.